The molecule has 31 heavy (non-hydrogen) atoms. The lowest BCUT2D eigenvalue weighted by Gasteiger charge is -2.14. The molecule has 0 unspecified atom stereocenters. The van der Waals surface area contributed by atoms with Crippen molar-refractivity contribution in [1.82, 2.24) is 10.2 Å². The summed E-state index contributed by atoms with van der Waals surface area (Å²) in [7, 11) is 3.34. The first-order valence-electron chi connectivity index (χ1n) is 9.82. The Labute approximate surface area is 186 Å². The first-order chi connectivity index (χ1) is 14.9. The van der Waals surface area contributed by atoms with E-state index in [0.29, 0.717) is 28.2 Å². The van der Waals surface area contributed by atoms with Gasteiger partial charge in [-0.15, -0.1) is 0 Å². The molecule has 1 saturated heterocycles. The van der Waals surface area contributed by atoms with Gasteiger partial charge in [-0.2, -0.15) is 0 Å². The number of benzene rings is 2. The quantitative estimate of drug-likeness (QED) is 0.665. The van der Waals surface area contributed by atoms with E-state index in [9.17, 15) is 9.59 Å². The number of hydrogen-bond donors (Lipinski definition) is 1. The van der Waals surface area contributed by atoms with Crippen LogP contribution in [0.1, 0.15) is 18.1 Å². The van der Waals surface area contributed by atoms with Crippen LogP contribution in [0.3, 0.4) is 0 Å². The minimum Gasteiger partial charge on any atom is -0.490 e. The van der Waals surface area contributed by atoms with Crippen LogP contribution in [0.15, 0.2) is 52.4 Å². The van der Waals surface area contributed by atoms with Crippen LogP contribution in [0.25, 0.3) is 6.08 Å². The maximum atomic E-state index is 12.4. The Morgan fingerprint density at radius 3 is 2.65 bits per heavy atom. The van der Waals surface area contributed by atoms with Crippen molar-refractivity contribution in [1.29, 1.82) is 0 Å². The van der Waals surface area contributed by atoms with Gasteiger partial charge in [0.2, 0.25) is 0 Å². The number of nitrogens with zero attached hydrogens (tertiary/aromatic N) is 2. The minimum atomic E-state index is -0.202. The summed E-state index contributed by atoms with van der Waals surface area (Å²) in [5, 5.41) is 3.34. The predicted molar refractivity (Wildman–Crippen MR) is 124 cm³/mol. The van der Waals surface area contributed by atoms with Gasteiger partial charge in [-0.1, -0.05) is 24.3 Å². The number of aryl methyl sites for hydroxylation is 1. The highest BCUT2D eigenvalue weighted by molar-refractivity contribution is 8.18. The molecule has 0 aliphatic carbocycles. The van der Waals surface area contributed by atoms with E-state index < -0.39 is 0 Å². The van der Waals surface area contributed by atoms with Crippen LogP contribution in [0.4, 0.5) is 5.69 Å². The van der Waals surface area contributed by atoms with Crippen molar-refractivity contribution >= 4 is 40.5 Å². The monoisotopic (exact) mass is 439 g/mol. The predicted octanol–water partition coefficient (Wildman–Crippen LogP) is 3.75. The van der Waals surface area contributed by atoms with Crippen molar-refractivity contribution in [2.75, 3.05) is 27.3 Å². The Morgan fingerprint density at radius 2 is 1.94 bits per heavy atom. The van der Waals surface area contributed by atoms with Crippen molar-refractivity contribution in [2.24, 2.45) is 4.99 Å². The molecular weight excluding hydrogens is 414 g/mol. The Balaban J connectivity index is 1.79. The normalized spacial score (nSPS) is 15.8. The van der Waals surface area contributed by atoms with Crippen molar-refractivity contribution in [3.05, 3.63) is 58.5 Å². The summed E-state index contributed by atoms with van der Waals surface area (Å²) in [6.07, 6.45) is 1.78. The zero-order valence-corrected chi connectivity index (χ0v) is 18.8. The number of amidine groups is 1. The fourth-order valence-electron chi connectivity index (χ4n) is 2.70. The zero-order chi connectivity index (χ0) is 22.4. The van der Waals surface area contributed by atoms with E-state index in [1.54, 1.807) is 32.3 Å². The topological polar surface area (TPSA) is 80.2 Å². The highest BCUT2D eigenvalue weighted by Gasteiger charge is 2.24. The molecule has 0 spiro atoms. The van der Waals surface area contributed by atoms with Crippen LogP contribution >= 0.6 is 11.8 Å². The summed E-state index contributed by atoms with van der Waals surface area (Å²) in [5.74, 6) is 0.644. The lowest BCUT2D eigenvalue weighted by Crippen LogP contribution is -2.27. The number of amides is 2. The van der Waals surface area contributed by atoms with Gasteiger partial charge in [0, 0.05) is 14.1 Å². The SMILES string of the molecule is CCOc1cc(/C=C2\SC(=Nc3ccccc3C)NC2=O)ccc1OCC(=O)N(C)C. The van der Waals surface area contributed by atoms with E-state index in [4.69, 9.17) is 9.47 Å². The van der Waals surface area contributed by atoms with Crippen LogP contribution in [-0.4, -0.2) is 49.2 Å². The molecule has 0 atom stereocenters. The molecule has 162 valence electrons. The summed E-state index contributed by atoms with van der Waals surface area (Å²) >= 11 is 1.29. The Bertz CT molecular complexity index is 1050. The first-order valence-corrected chi connectivity index (χ1v) is 10.6. The van der Waals surface area contributed by atoms with Crippen LogP contribution in [0, 0.1) is 6.92 Å². The molecule has 1 aliphatic rings. The fourth-order valence-corrected chi connectivity index (χ4v) is 3.54. The number of aliphatic imine (C=N–C) groups is 1. The number of nitrogens with one attached hydrogen (secondary N) is 1. The molecular formula is C23H25N3O4S. The first kappa shape index (κ1) is 22.4. The van der Waals surface area contributed by atoms with Gasteiger partial charge >= 0.3 is 0 Å². The molecule has 1 N–H and O–H groups in total. The second-order valence-electron chi connectivity index (χ2n) is 6.98. The zero-order valence-electron chi connectivity index (χ0n) is 18.0. The molecule has 1 heterocycles. The lowest BCUT2D eigenvalue weighted by atomic mass is 10.2. The van der Waals surface area contributed by atoms with E-state index in [-0.39, 0.29) is 18.4 Å². The van der Waals surface area contributed by atoms with E-state index in [1.165, 1.54) is 16.7 Å². The number of carbonyl (C=O) groups is 2. The molecule has 2 amide bonds. The van der Waals surface area contributed by atoms with E-state index in [2.05, 4.69) is 10.3 Å². The molecule has 0 saturated carbocycles. The van der Waals surface area contributed by atoms with Gasteiger partial charge in [-0.25, -0.2) is 4.99 Å². The molecule has 7 nitrogen and oxygen atoms in total. The highest BCUT2D eigenvalue weighted by atomic mass is 32.2. The van der Waals surface area contributed by atoms with Gasteiger partial charge in [0.15, 0.2) is 23.3 Å². The summed E-state index contributed by atoms with van der Waals surface area (Å²) in [6, 6.07) is 13.1. The Morgan fingerprint density at radius 1 is 1.16 bits per heavy atom. The highest BCUT2D eigenvalue weighted by Crippen LogP contribution is 2.32. The Hall–Kier alpha value is -3.26. The average Bonchev–Trinajstić information content (AvgIpc) is 3.07. The van der Waals surface area contributed by atoms with Crippen LogP contribution in [-0.2, 0) is 9.59 Å². The molecule has 0 bridgehead atoms. The number of thioether (sulfide) groups is 1. The number of rotatable bonds is 7. The average molecular weight is 440 g/mol. The molecule has 8 heteroatoms. The molecule has 2 aromatic rings. The number of carbonyl (C=O) groups excluding carboxylic acids is 2. The van der Waals surface area contributed by atoms with Crippen LogP contribution < -0.4 is 14.8 Å². The van der Waals surface area contributed by atoms with Gasteiger partial charge in [0.05, 0.1) is 17.2 Å². The molecule has 0 aromatic heterocycles. The van der Waals surface area contributed by atoms with Gasteiger partial charge in [0.1, 0.15) is 0 Å². The van der Waals surface area contributed by atoms with Gasteiger partial charge in [-0.05, 0) is 61.0 Å². The third-order valence-electron chi connectivity index (χ3n) is 4.40. The standard InChI is InChI=1S/C23H25N3O4S/c1-5-29-19-12-16(10-11-18(19)30-14-21(27)26(3)4)13-20-22(28)25-23(31-20)24-17-9-7-6-8-15(17)2/h6-13H,5,14H2,1-4H3,(H,24,25,28)/b20-13-. The van der Waals surface area contributed by atoms with E-state index >= 15 is 0 Å². The van der Waals surface area contributed by atoms with Crippen LogP contribution in [0.2, 0.25) is 0 Å². The number of para-hydroxylation sites is 1. The van der Waals surface area contributed by atoms with Crippen molar-refractivity contribution < 1.29 is 19.1 Å². The second-order valence-corrected chi connectivity index (χ2v) is 8.01. The van der Waals surface area contributed by atoms with E-state index in [1.807, 2.05) is 44.2 Å². The third-order valence-corrected chi connectivity index (χ3v) is 5.31. The molecule has 2 aromatic carbocycles. The molecule has 1 fully saturated rings. The summed E-state index contributed by atoms with van der Waals surface area (Å²) < 4.78 is 11.3. The maximum Gasteiger partial charge on any atom is 0.264 e. The van der Waals surface area contributed by atoms with E-state index in [0.717, 1.165) is 16.8 Å². The van der Waals surface area contributed by atoms with Gasteiger partial charge in [-0.3, -0.25) is 9.59 Å². The smallest absolute Gasteiger partial charge is 0.264 e. The minimum absolute atomic E-state index is 0.0789. The summed E-state index contributed by atoms with van der Waals surface area (Å²) in [4.78, 5) is 30.7. The number of ether oxygens (including phenoxy) is 2. The molecule has 1 aliphatic heterocycles. The largest absolute Gasteiger partial charge is 0.490 e. The fraction of sp³-hybridized carbons (Fsp3) is 0.261. The summed E-state index contributed by atoms with van der Waals surface area (Å²) in [6.45, 7) is 4.21. The maximum absolute atomic E-state index is 12.4. The van der Waals surface area contributed by atoms with Gasteiger partial charge in [0.25, 0.3) is 11.8 Å². The van der Waals surface area contributed by atoms with Gasteiger partial charge < -0.3 is 19.7 Å². The number of hydrogen-bond acceptors (Lipinski definition) is 6. The van der Waals surface area contributed by atoms with Crippen molar-refractivity contribution in [3.63, 3.8) is 0 Å². The van der Waals surface area contributed by atoms with Crippen molar-refractivity contribution in [2.45, 2.75) is 13.8 Å². The second kappa shape index (κ2) is 10.2. The molecule has 0 radical (unpaired) electrons. The lowest BCUT2D eigenvalue weighted by molar-refractivity contribution is -0.130. The van der Waals surface area contributed by atoms with Crippen molar-refractivity contribution in [3.8, 4) is 11.5 Å². The molecule has 3 rings (SSSR count). The third kappa shape index (κ3) is 5.88. The van der Waals surface area contributed by atoms with Crippen LogP contribution in [0.5, 0.6) is 11.5 Å². The number of likely N-dealkylation sites (N-methyl/N-ethyl adjacent to an activating group) is 1. The summed E-state index contributed by atoms with van der Waals surface area (Å²) in [5.41, 5.74) is 2.63. The Kier molecular flexibility index (Phi) is 7.36.